The third-order valence-electron chi connectivity index (χ3n) is 7.62. The Morgan fingerprint density at radius 2 is 1.00 bits per heavy atom. The van der Waals surface area contributed by atoms with Crippen molar-refractivity contribution in [1.29, 1.82) is 0 Å². The smallest absolute Gasteiger partial charge is 0.270 e. The van der Waals surface area contributed by atoms with E-state index in [4.69, 9.17) is 0 Å². The lowest BCUT2D eigenvalue weighted by Gasteiger charge is -2.24. The van der Waals surface area contributed by atoms with Gasteiger partial charge in [-0.25, -0.2) is 9.36 Å². The Bertz CT molecular complexity index is 911. The number of aromatic nitrogens is 4. The summed E-state index contributed by atoms with van der Waals surface area (Å²) >= 11 is 0. The van der Waals surface area contributed by atoms with E-state index < -0.39 is 0 Å². The standard InChI is InChI=1S/C23H36N4O2/c1-16-20(22(28)26(24(16)3)18-11-7-5-8-12-18)15-21-17(2)25(4)27(23(21)29)19-13-9-6-10-14-19/h18-19H,5-15H2,1-4H3. The van der Waals surface area contributed by atoms with E-state index in [1.165, 1.54) is 38.5 Å². The molecule has 0 aliphatic heterocycles. The first-order chi connectivity index (χ1) is 13.9. The van der Waals surface area contributed by atoms with Crippen molar-refractivity contribution >= 4 is 0 Å². The summed E-state index contributed by atoms with van der Waals surface area (Å²) in [6.45, 7) is 4.04. The first-order valence-electron chi connectivity index (χ1n) is 11.5. The minimum Gasteiger partial charge on any atom is -0.289 e. The highest BCUT2D eigenvalue weighted by Crippen LogP contribution is 2.29. The highest BCUT2D eigenvalue weighted by atomic mass is 16.1. The van der Waals surface area contributed by atoms with Gasteiger partial charge in [-0.2, -0.15) is 0 Å². The Labute approximate surface area is 173 Å². The second-order valence-electron chi connectivity index (χ2n) is 9.24. The summed E-state index contributed by atoms with van der Waals surface area (Å²) in [6, 6.07) is 0.592. The molecule has 4 rings (SSSR count). The molecule has 2 heterocycles. The second-order valence-corrected chi connectivity index (χ2v) is 9.24. The highest BCUT2D eigenvalue weighted by molar-refractivity contribution is 5.29. The molecule has 2 fully saturated rings. The van der Waals surface area contributed by atoms with Gasteiger partial charge in [0.25, 0.3) is 11.1 Å². The molecule has 2 aliphatic rings. The van der Waals surface area contributed by atoms with Gasteiger partial charge in [0, 0.05) is 43.0 Å². The molecule has 2 aromatic heterocycles. The first kappa shape index (κ1) is 20.3. The van der Waals surface area contributed by atoms with Gasteiger partial charge in [-0.3, -0.25) is 19.0 Å². The number of hydrogen-bond donors (Lipinski definition) is 0. The van der Waals surface area contributed by atoms with E-state index in [1.54, 1.807) is 0 Å². The van der Waals surface area contributed by atoms with Crippen molar-refractivity contribution in [2.24, 2.45) is 14.1 Å². The van der Waals surface area contributed by atoms with Gasteiger partial charge in [-0.15, -0.1) is 0 Å². The second kappa shape index (κ2) is 8.04. The van der Waals surface area contributed by atoms with Crippen LogP contribution >= 0.6 is 0 Å². The van der Waals surface area contributed by atoms with Crippen LogP contribution < -0.4 is 11.1 Å². The molecule has 0 atom stereocenters. The maximum absolute atomic E-state index is 13.4. The molecular formula is C23H36N4O2. The van der Waals surface area contributed by atoms with Gasteiger partial charge < -0.3 is 0 Å². The van der Waals surface area contributed by atoms with Crippen LogP contribution in [-0.4, -0.2) is 18.7 Å². The summed E-state index contributed by atoms with van der Waals surface area (Å²) in [5.74, 6) is 0. The fraction of sp³-hybridized carbons (Fsp3) is 0.739. The van der Waals surface area contributed by atoms with Crippen LogP contribution in [0.4, 0.5) is 0 Å². The van der Waals surface area contributed by atoms with Crippen molar-refractivity contribution in [3.63, 3.8) is 0 Å². The average Bonchev–Trinajstić information content (AvgIpc) is 3.08. The molecule has 0 aromatic carbocycles. The largest absolute Gasteiger partial charge is 0.289 e. The molecule has 0 amide bonds. The quantitative estimate of drug-likeness (QED) is 0.781. The van der Waals surface area contributed by atoms with Crippen LogP contribution in [0.1, 0.15) is 98.8 Å². The monoisotopic (exact) mass is 400 g/mol. The van der Waals surface area contributed by atoms with E-state index in [0.717, 1.165) is 48.2 Å². The van der Waals surface area contributed by atoms with Crippen LogP contribution in [0.5, 0.6) is 0 Å². The Morgan fingerprint density at radius 1 is 0.655 bits per heavy atom. The molecule has 160 valence electrons. The van der Waals surface area contributed by atoms with E-state index in [0.29, 0.717) is 18.5 Å². The Balaban J connectivity index is 1.72. The van der Waals surface area contributed by atoms with Crippen molar-refractivity contribution < 1.29 is 0 Å². The summed E-state index contributed by atoms with van der Waals surface area (Å²) in [7, 11) is 3.99. The lowest BCUT2D eigenvalue weighted by molar-refractivity contribution is 0.292. The van der Waals surface area contributed by atoms with E-state index in [2.05, 4.69) is 0 Å². The molecule has 0 unspecified atom stereocenters. The van der Waals surface area contributed by atoms with Gasteiger partial charge in [0.15, 0.2) is 0 Å². The van der Waals surface area contributed by atoms with Crippen molar-refractivity contribution in [1.82, 2.24) is 18.7 Å². The van der Waals surface area contributed by atoms with Crippen LogP contribution in [0.3, 0.4) is 0 Å². The minimum atomic E-state index is 0.101. The molecule has 0 spiro atoms. The zero-order valence-electron chi connectivity index (χ0n) is 18.5. The number of hydrogen-bond acceptors (Lipinski definition) is 2. The SMILES string of the molecule is Cc1c(Cc2c(C)n(C)n(C3CCCCC3)c2=O)c(=O)n(C2CCCCC2)n1C. The van der Waals surface area contributed by atoms with Crippen LogP contribution in [0.2, 0.25) is 0 Å². The predicted molar refractivity (Wildman–Crippen MR) is 116 cm³/mol. The maximum atomic E-state index is 13.4. The summed E-state index contributed by atoms with van der Waals surface area (Å²) in [4.78, 5) is 26.7. The summed E-state index contributed by atoms with van der Waals surface area (Å²) in [5.41, 5.74) is 3.77. The first-order valence-corrected chi connectivity index (χ1v) is 11.5. The number of nitrogens with zero attached hydrogens (tertiary/aromatic N) is 4. The maximum Gasteiger partial charge on any atom is 0.270 e. The van der Waals surface area contributed by atoms with Gasteiger partial charge in [-0.1, -0.05) is 38.5 Å². The average molecular weight is 401 g/mol. The van der Waals surface area contributed by atoms with Crippen LogP contribution in [0.15, 0.2) is 9.59 Å². The molecule has 2 aliphatic carbocycles. The van der Waals surface area contributed by atoms with E-state index in [-0.39, 0.29) is 11.1 Å². The van der Waals surface area contributed by atoms with E-state index in [9.17, 15) is 9.59 Å². The summed E-state index contributed by atoms with van der Waals surface area (Å²) in [6.07, 6.45) is 12.1. The van der Waals surface area contributed by atoms with E-state index in [1.807, 2.05) is 46.7 Å². The molecule has 6 nitrogen and oxygen atoms in total. The summed E-state index contributed by atoms with van der Waals surface area (Å²) in [5, 5.41) is 0. The fourth-order valence-electron chi connectivity index (χ4n) is 5.63. The van der Waals surface area contributed by atoms with Crippen LogP contribution in [-0.2, 0) is 20.5 Å². The van der Waals surface area contributed by atoms with Crippen molar-refractivity contribution in [3.8, 4) is 0 Å². The third kappa shape index (κ3) is 3.44. The van der Waals surface area contributed by atoms with Gasteiger partial charge in [0.2, 0.25) is 0 Å². The molecule has 0 saturated heterocycles. The van der Waals surface area contributed by atoms with Crippen molar-refractivity contribution in [2.45, 2.75) is 96.6 Å². The molecule has 29 heavy (non-hydrogen) atoms. The van der Waals surface area contributed by atoms with Gasteiger partial charge in [0.05, 0.1) is 12.1 Å². The lowest BCUT2D eigenvalue weighted by atomic mass is 9.95. The van der Waals surface area contributed by atoms with Crippen LogP contribution in [0.25, 0.3) is 0 Å². The van der Waals surface area contributed by atoms with Crippen molar-refractivity contribution in [2.75, 3.05) is 0 Å². The molecule has 0 N–H and O–H groups in total. The molecule has 6 heteroatoms. The number of rotatable bonds is 4. The topological polar surface area (TPSA) is 53.9 Å². The van der Waals surface area contributed by atoms with Gasteiger partial charge in [0.1, 0.15) is 0 Å². The lowest BCUT2D eigenvalue weighted by Crippen LogP contribution is -2.30. The fourth-order valence-corrected chi connectivity index (χ4v) is 5.63. The minimum absolute atomic E-state index is 0.101. The Morgan fingerprint density at radius 3 is 1.34 bits per heavy atom. The Hall–Kier alpha value is -1.98. The summed E-state index contributed by atoms with van der Waals surface area (Å²) < 4.78 is 7.99. The Kier molecular flexibility index (Phi) is 5.63. The molecule has 0 radical (unpaired) electrons. The zero-order valence-corrected chi connectivity index (χ0v) is 18.5. The highest BCUT2D eigenvalue weighted by Gasteiger charge is 2.27. The molecular weight excluding hydrogens is 364 g/mol. The normalized spacial score (nSPS) is 19.2. The zero-order chi connectivity index (χ0) is 20.7. The predicted octanol–water partition coefficient (Wildman–Crippen LogP) is 3.91. The van der Waals surface area contributed by atoms with Crippen molar-refractivity contribution in [3.05, 3.63) is 43.2 Å². The molecule has 2 saturated carbocycles. The van der Waals surface area contributed by atoms with Crippen LogP contribution in [0, 0.1) is 13.8 Å². The molecule has 0 bridgehead atoms. The molecule has 2 aromatic rings. The van der Waals surface area contributed by atoms with Gasteiger partial charge in [-0.05, 0) is 39.5 Å². The van der Waals surface area contributed by atoms with Gasteiger partial charge >= 0.3 is 0 Å². The van der Waals surface area contributed by atoms with E-state index >= 15 is 0 Å². The third-order valence-corrected chi connectivity index (χ3v) is 7.62.